The summed E-state index contributed by atoms with van der Waals surface area (Å²) in [6.45, 7) is 0.246. The maximum absolute atomic E-state index is 12.5. The Balaban J connectivity index is 1.46. The molecule has 0 radical (unpaired) electrons. The third-order valence-corrected chi connectivity index (χ3v) is 5.99. The summed E-state index contributed by atoms with van der Waals surface area (Å²) in [5.74, 6) is -4.62. The van der Waals surface area contributed by atoms with Crippen molar-refractivity contribution in [2.75, 3.05) is 11.9 Å². The average molecular weight is 443 g/mol. The molecule has 0 aliphatic carbocycles. The monoisotopic (exact) mass is 443 g/mol. The van der Waals surface area contributed by atoms with E-state index in [2.05, 4.69) is 15.6 Å². The number of thiophene rings is 1. The molecule has 1 aromatic carbocycles. The Labute approximate surface area is 178 Å². The van der Waals surface area contributed by atoms with Gasteiger partial charge < -0.3 is 30.6 Å². The standard InChI is InChI=1S/C20H17N3O7S/c24-16(13-5-9-3-1-2-4-12(9)22-13)21-7-10-6-11-14(8-30-10)31-18(15(11)19(26)27)23-17(25)20(28)29/h1-5,10,22H,6-8H2,(H,21,24)(H,23,25)(H,26,27)(H,28,29). The van der Waals surface area contributed by atoms with E-state index in [1.807, 2.05) is 24.3 Å². The van der Waals surface area contributed by atoms with E-state index in [0.29, 0.717) is 16.1 Å². The van der Waals surface area contributed by atoms with Crippen LogP contribution in [0.1, 0.15) is 31.3 Å². The highest BCUT2D eigenvalue weighted by Crippen LogP contribution is 2.37. The Hall–Kier alpha value is -3.70. The quantitative estimate of drug-likeness (QED) is 0.376. The number of hydrogen-bond donors (Lipinski definition) is 5. The van der Waals surface area contributed by atoms with Crippen molar-refractivity contribution >= 4 is 51.0 Å². The first-order valence-electron chi connectivity index (χ1n) is 9.23. The molecule has 1 aliphatic rings. The first-order valence-corrected chi connectivity index (χ1v) is 10.0. The van der Waals surface area contributed by atoms with Crippen LogP contribution in [0.25, 0.3) is 10.9 Å². The maximum atomic E-state index is 12.5. The Morgan fingerprint density at radius 1 is 1.19 bits per heavy atom. The fourth-order valence-electron chi connectivity index (χ4n) is 3.42. The van der Waals surface area contributed by atoms with Gasteiger partial charge in [-0.3, -0.25) is 9.59 Å². The molecular weight excluding hydrogens is 426 g/mol. The van der Waals surface area contributed by atoms with Gasteiger partial charge in [0.2, 0.25) is 0 Å². The number of H-pyrrole nitrogens is 1. The van der Waals surface area contributed by atoms with Crippen molar-refractivity contribution in [2.24, 2.45) is 0 Å². The van der Waals surface area contributed by atoms with Gasteiger partial charge in [0.05, 0.1) is 18.3 Å². The molecule has 0 fully saturated rings. The molecule has 11 heteroatoms. The molecule has 0 spiro atoms. The third kappa shape index (κ3) is 4.13. The molecule has 1 aliphatic heterocycles. The number of carboxylic acids is 2. The molecule has 1 unspecified atom stereocenters. The number of carbonyl (C=O) groups is 4. The number of ether oxygens (including phenoxy) is 1. The van der Waals surface area contributed by atoms with Gasteiger partial charge in [0.1, 0.15) is 10.7 Å². The smallest absolute Gasteiger partial charge is 0.394 e. The molecule has 1 atom stereocenters. The van der Waals surface area contributed by atoms with Crippen LogP contribution in [0.3, 0.4) is 0 Å². The lowest BCUT2D eigenvalue weighted by Gasteiger charge is -2.23. The van der Waals surface area contributed by atoms with E-state index in [0.717, 1.165) is 22.2 Å². The lowest BCUT2D eigenvalue weighted by Crippen LogP contribution is -2.37. The lowest BCUT2D eigenvalue weighted by molar-refractivity contribution is -0.147. The minimum absolute atomic E-state index is 0.0451. The Morgan fingerprint density at radius 3 is 2.68 bits per heavy atom. The molecule has 10 nitrogen and oxygen atoms in total. The molecule has 3 heterocycles. The molecule has 4 rings (SSSR count). The summed E-state index contributed by atoms with van der Waals surface area (Å²) in [6, 6.07) is 9.23. The minimum atomic E-state index is -1.71. The number of hydrogen-bond acceptors (Lipinski definition) is 6. The molecule has 5 N–H and O–H groups in total. The van der Waals surface area contributed by atoms with E-state index in [1.165, 1.54) is 0 Å². The first-order chi connectivity index (χ1) is 14.8. The van der Waals surface area contributed by atoms with Crippen LogP contribution in [0, 0.1) is 0 Å². The van der Waals surface area contributed by atoms with Gasteiger partial charge in [-0.1, -0.05) is 18.2 Å². The average Bonchev–Trinajstić information content (AvgIpc) is 3.32. The van der Waals surface area contributed by atoms with Crippen LogP contribution in [-0.4, -0.2) is 51.6 Å². The number of anilines is 1. The normalized spacial score (nSPS) is 15.3. The molecule has 0 saturated heterocycles. The van der Waals surface area contributed by atoms with Gasteiger partial charge in [0.25, 0.3) is 5.91 Å². The predicted molar refractivity (Wildman–Crippen MR) is 110 cm³/mol. The zero-order valence-electron chi connectivity index (χ0n) is 15.9. The van der Waals surface area contributed by atoms with E-state index in [1.54, 1.807) is 6.07 Å². The van der Waals surface area contributed by atoms with Gasteiger partial charge in [0, 0.05) is 28.7 Å². The van der Waals surface area contributed by atoms with Crippen LogP contribution in [0.4, 0.5) is 5.00 Å². The topological polar surface area (TPSA) is 158 Å². The maximum Gasteiger partial charge on any atom is 0.394 e. The van der Waals surface area contributed by atoms with Crippen LogP contribution in [0.5, 0.6) is 0 Å². The molecule has 0 bridgehead atoms. The summed E-state index contributed by atoms with van der Waals surface area (Å²) in [6.07, 6.45) is -0.278. The van der Waals surface area contributed by atoms with Crippen molar-refractivity contribution in [2.45, 2.75) is 19.1 Å². The SMILES string of the molecule is O=C(O)C(=O)Nc1sc2c(c1C(=O)O)CC(CNC(=O)c1cc3ccccc3[nH]1)OC2. The number of carbonyl (C=O) groups excluding carboxylic acids is 2. The number of aromatic carboxylic acids is 1. The largest absolute Gasteiger partial charge is 0.478 e. The van der Waals surface area contributed by atoms with Crippen LogP contribution in [0.2, 0.25) is 0 Å². The highest BCUT2D eigenvalue weighted by atomic mass is 32.1. The summed E-state index contributed by atoms with van der Waals surface area (Å²) in [5.41, 5.74) is 1.56. The summed E-state index contributed by atoms with van der Waals surface area (Å²) in [5, 5.41) is 24.1. The van der Waals surface area contributed by atoms with Crippen molar-refractivity contribution in [3.8, 4) is 0 Å². The molecule has 2 amide bonds. The fourth-order valence-corrected chi connectivity index (χ4v) is 4.56. The Kier molecular flexibility index (Phi) is 5.44. The highest BCUT2D eigenvalue weighted by Gasteiger charge is 2.31. The second-order valence-electron chi connectivity index (χ2n) is 6.89. The second kappa shape index (κ2) is 8.20. The number of amides is 2. The number of benzene rings is 1. The number of aliphatic carboxylic acids is 1. The molecule has 0 saturated carbocycles. The fraction of sp³-hybridized carbons (Fsp3) is 0.200. The Morgan fingerprint density at radius 2 is 1.97 bits per heavy atom. The van der Waals surface area contributed by atoms with Gasteiger partial charge in [-0.15, -0.1) is 11.3 Å². The van der Waals surface area contributed by atoms with Gasteiger partial charge >= 0.3 is 17.8 Å². The molecule has 160 valence electrons. The molecule has 31 heavy (non-hydrogen) atoms. The third-order valence-electron chi connectivity index (χ3n) is 4.87. The first kappa shape index (κ1) is 20.6. The number of fused-ring (bicyclic) bond motifs is 2. The van der Waals surface area contributed by atoms with Crippen LogP contribution in [-0.2, 0) is 27.4 Å². The van der Waals surface area contributed by atoms with Crippen molar-refractivity contribution in [3.05, 3.63) is 52.0 Å². The van der Waals surface area contributed by atoms with E-state index >= 15 is 0 Å². The zero-order valence-corrected chi connectivity index (χ0v) is 16.7. The van der Waals surface area contributed by atoms with E-state index in [-0.39, 0.29) is 36.0 Å². The van der Waals surface area contributed by atoms with E-state index < -0.39 is 23.9 Å². The highest BCUT2D eigenvalue weighted by molar-refractivity contribution is 7.17. The number of rotatable bonds is 5. The van der Waals surface area contributed by atoms with Crippen molar-refractivity contribution in [1.82, 2.24) is 10.3 Å². The summed E-state index contributed by atoms with van der Waals surface area (Å²) < 4.78 is 5.71. The summed E-state index contributed by atoms with van der Waals surface area (Å²) in [4.78, 5) is 50.1. The summed E-state index contributed by atoms with van der Waals surface area (Å²) in [7, 11) is 0. The number of carboxylic acid groups (broad SMARTS) is 2. The number of para-hydroxylation sites is 1. The molecular formula is C20H17N3O7S. The number of aromatic amines is 1. The predicted octanol–water partition coefficient (Wildman–Crippen LogP) is 1.82. The Bertz CT molecular complexity index is 1180. The van der Waals surface area contributed by atoms with E-state index in [9.17, 15) is 24.3 Å². The lowest BCUT2D eigenvalue weighted by atomic mass is 10.0. The van der Waals surface area contributed by atoms with Crippen molar-refractivity contribution < 1.29 is 34.1 Å². The zero-order chi connectivity index (χ0) is 22.1. The molecule has 3 aromatic rings. The van der Waals surface area contributed by atoms with Crippen LogP contribution < -0.4 is 10.6 Å². The van der Waals surface area contributed by atoms with Crippen molar-refractivity contribution in [1.29, 1.82) is 0 Å². The van der Waals surface area contributed by atoms with Crippen LogP contribution in [0.15, 0.2) is 30.3 Å². The number of nitrogens with one attached hydrogen (secondary N) is 3. The second-order valence-corrected chi connectivity index (χ2v) is 7.99. The van der Waals surface area contributed by atoms with Gasteiger partial charge in [-0.25, -0.2) is 9.59 Å². The summed E-state index contributed by atoms with van der Waals surface area (Å²) >= 11 is 0.968. The van der Waals surface area contributed by atoms with E-state index in [4.69, 9.17) is 9.84 Å². The van der Waals surface area contributed by atoms with Gasteiger partial charge in [-0.05, 0) is 17.7 Å². The van der Waals surface area contributed by atoms with Gasteiger partial charge in [-0.2, -0.15) is 0 Å². The minimum Gasteiger partial charge on any atom is -0.478 e. The molecule has 2 aromatic heterocycles. The van der Waals surface area contributed by atoms with Gasteiger partial charge in [0.15, 0.2) is 0 Å². The van der Waals surface area contributed by atoms with Crippen LogP contribution >= 0.6 is 11.3 Å². The number of aromatic nitrogens is 1. The van der Waals surface area contributed by atoms with Crippen molar-refractivity contribution in [3.63, 3.8) is 0 Å².